The molecule has 0 aliphatic rings. The quantitative estimate of drug-likeness (QED) is 0.682. The van der Waals surface area contributed by atoms with Gasteiger partial charge in [-0.25, -0.2) is 0 Å². The topological polar surface area (TPSA) is 62.6 Å². The molecule has 136 valence electrons. The first kappa shape index (κ1) is 19.4. The number of hydrogen-bond donors (Lipinski definition) is 3. The summed E-state index contributed by atoms with van der Waals surface area (Å²) >= 11 is 0. The van der Waals surface area contributed by atoms with Gasteiger partial charge in [-0.05, 0) is 42.8 Å². The van der Waals surface area contributed by atoms with Crippen LogP contribution in [0.25, 0.3) is 6.08 Å². The molecule has 0 aromatic heterocycles. The van der Waals surface area contributed by atoms with Crippen LogP contribution in [0, 0.1) is 0 Å². The second-order valence-electron chi connectivity index (χ2n) is 6.10. The number of benzene rings is 2. The van der Waals surface area contributed by atoms with Crippen molar-refractivity contribution in [3.05, 3.63) is 66.2 Å². The average molecular weight is 352 g/mol. The maximum atomic E-state index is 12.3. The third kappa shape index (κ3) is 6.91. The second-order valence-corrected chi connectivity index (χ2v) is 6.10. The lowest BCUT2D eigenvalue weighted by atomic mass is 10.2. The third-order valence-electron chi connectivity index (χ3n) is 3.92. The minimum Gasteiger partial charge on any atom is -0.326 e. The van der Waals surface area contributed by atoms with Crippen LogP contribution in [0.2, 0.25) is 0 Å². The third-order valence-corrected chi connectivity index (χ3v) is 3.92. The molecule has 0 aliphatic heterocycles. The van der Waals surface area contributed by atoms with Crippen LogP contribution >= 0.6 is 0 Å². The molecule has 2 aromatic rings. The maximum absolute atomic E-state index is 12.3. The number of quaternary nitrogens is 1. The van der Waals surface area contributed by atoms with E-state index < -0.39 is 0 Å². The van der Waals surface area contributed by atoms with E-state index in [0.29, 0.717) is 12.2 Å². The highest BCUT2D eigenvalue weighted by molar-refractivity contribution is 5.92. The van der Waals surface area contributed by atoms with E-state index in [2.05, 4.69) is 41.8 Å². The summed E-state index contributed by atoms with van der Waals surface area (Å²) in [5, 5.41) is 5.60. The van der Waals surface area contributed by atoms with E-state index in [1.54, 1.807) is 24.3 Å². The lowest BCUT2D eigenvalue weighted by molar-refractivity contribution is -0.883. The smallest absolute Gasteiger partial charge is 0.279 e. The molecule has 0 heterocycles. The maximum Gasteiger partial charge on any atom is 0.279 e. The van der Waals surface area contributed by atoms with Gasteiger partial charge in [0, 0.05) is 18.3 Å². The van der Waals surface area contributed by atoms with Crippen molar-refractivity contribution < 1.29 is 14.5 Å². The highest BCUT2D eigenvalue weighted by Crippen LogP contribution is 2.13. The van der Waals surface area contributed by atoms with Crippen LogP contribution < -0.4 is 15.5 Å². The zero-order chi connectivity index (χ0) is 18.8. The van der Waals surface area contributed by atoms with Crippen LogP contribution in [0.15, 0.2) is 60.7 Å². The number of rotatable bonds is 8. The van der Waals surface area contributed by atoms with Gasteiger partial charge in [0.2, 0.25) is 5.91 Å². The summed E-state index contributed by atoms with van der Waals surface area (Å²) in [7, 11) is 0. The number of likely N-dealkylation sites (N-methyl/N-ethyl adjacent to an activating group) is 1. The van der Waals surface area contributed by atoms with E-state index in [1.165, 1.54) is 11.8 Å². The van der Waals surface area contributed by atoms with Crippen LogP contribution in [0.5, 0.6) is 0 Å². The van der Waals surface area contributed by atoms with Crippen LogP contribution in [0.4, 0.5) is 11.4 Å². The zero-order valence-electron chi connectivity index (χ0n) is 15.3. The fourth-order valence-electron chi connectivity index (χ4n) is 2.54. The Morgan fingerprint density at radius 2 is 1.58 bits per heavy atom. The van der Waals surface area contributed by atoms with E-state index in [4.69, 9.17) is 0 Å². The standard InChI is InChI=1S/C21H25N3O2/c1-3-24(15-7-10-18-8-5-4-6-9-18)16-21(26)23-20-13-11-19(12-14-20)22-17(2)25/h4-14H,3,15-16H2,1-2H3,(H,22,25)(H,23,26)/p+1/b10-7+. The summed E-state index contributed by atoms with van der Waals surface area (Å²) in [5.41, 5.74) is 2.59. The molecule has 5 heteroatoms. The molecule has 0 bridgehead atoms. The molecule has 0 spiro atoms. The normalized spacial score (nSPS) is 11.9. The SMILES string of the molecule is CC[NH+](C/C=C/c1ccccc1)CC(=O)Nc1ccc(NC(C)=O)cc1. The van der Waals surface area contributed by atoms with E-state index in [0.717, 1.165) is 24.3 Å². The highest BCUT2D eigenvalue weighted by Gasteiger charge is 2.11. The summed E-state index contributed by atoms with van der Waals surface area (Å²) < 4.78 is 0. The van der Waals surface area contributed by atoms with Crippen LogP contribution in [0.3, 0.4) is 0 Å². The van der Waals surface area contributed by atoms with Crippen molar-refractivity contribution in [3.8, 4) is 0 Å². The van der Waals surface area contributed by atoms with Crippen LogP contribution in [-0.4, -0.2) is 31.4 Å². The Morgan fingerprint density at radius 1 is 0.962 bits per heavy atom. The van der Waals surface area contributed by atoms with Gasteiger partial charge in [0.25, 0.3) is 5.91 Å². The number of carbonyl (C=O) groups excluding carboxylic acids is 2. The molecule has 0 saturated heterocycles. The Balaban J connectivity index is 1.82. The minimum absolute atomic E-state index is 0.0257. The van der Waals surface area contributed by atoms with Gasteiger partial charge < -0.3 is 15.5 Å². The molecule has 1 unspecified atom stereocenters. The molecular formula is C21H26N3O2+. The van der Waals surface area contributed by atoms with Crippen molar-refractivity contribution in [2.75, 3.05) is 30.3 Å². The van der Waals surface area contributed by atoms with Gasteiger partial charge in [0.05, 0.1) is 13.1 Å². The Hall–Kier alpha value is -2.92. The Bertz CT molecular complexity index is 740. The van der Waals surface area contributed by atoms with Crippen molar-refractivity contribution in [1.29, 1.82) is 0 Å². The molecule has 0 saturated carbocycles. The number of amides is 2. The van der Waals surface area contributed by atoms with Crippen molar-refractivity contribution in [3.63, 3.8) is 0 Å². The van der Waals surface area contributed by atoms with Gasteiger partial charge in [-0.3, -0.25) is 9.59 Å². The Morgan fingerprint density at radius 3 is 2.15 bits per heavy atom. The molecule has 0 fully saturated rings. The predicted molar refractivity (Wildman–Crippen MR) is 106 cm³/mol. The molecule has 2 rings (SSSR count). The Labute approximate surface area is 154 Å². The molecule has 0 aliphatic carbocycles. The monoisotopic (exact) mass is 352 g/mol. The first-order chi connectivity index (χ1) is 12.6. The van der Waals surface area contributed by atoms with Gasteiger partial charge in [-0.2, -0.15) is 0 Å². The first-order valence-electron chi connectivity index (χ1n) is 8.79. The fourth-order valence-corrected chi connectivity index (χ4v) is 2.54. The summed E-state index contributed by atoms with van der Waals surface area (Å²) in [6, 6.07) is 17.2. The lowest BCUT2D eigenvalue weighted by Gasteiger charge is -2.15. The molecule has 0 radical (unpaired) electrons. The summed E-state index contributed by atoms with van der Waals surface area (Å²) in [5.74, 6) is -0.144. The van der Waals surface area contributed by atoms with E-state index in [9.17, 15) is 9.59 Å². The van der Waals surface area contributed by atoms with Gasteiger partial charge in [-0.15, -0.1) is 0 Å². The van der Waals surface area contributed by atoms with Gasteiger partial charge >= 0.3 is 0 Å². The first-order valence-corrected chi connectivity index (χ1v) is 8.79. The van der Waals surface area contributed by atoms with Crippen molar-refractivity contribution in [2.24, 2.45) is 0 Å². The van der Waals surface area contributed by atoms with Crippen molar-refractivity contribution in [2.45, 2.75) is 13.8 Å². The summed E-state index contributed by atoms with van der Waals surface area (Å²) in [6.45, 7) is 5.60. The van der Waals surface area contributed by atoms with E-state index >= 15 is 0 Å². The van der Waals surface area contributed by atoms with Gasteiger partial charge in [-0.1, -0.05) is 36.4 Å². The molecule has 1 atom stereocenters. The molecule has 2 amide bonds. The molecule has 5 nitrogen and oxygen atoms in total. The van der Waals surface area contributed by atoms with E-state index in [1.807, 2.05) is 18.2 Å². The van der Waals surface area contributed by atoms with Crippen molar-refractivity contribution in [1.82, 2.24) is 0 Å². The molecular weight excluding hydrogens is 326 g/mol. The molecule has 26 heavy (non-hydrogen) atoms. The largest absolute Gasteiger partial charge is 0.326 e. The zero-order valence-corrected chi connectivity index (χ0v) is 15.3. The lowest BCUT2D eigenvalue weighted by Crippen LogP contribution is -3.12. The van der Waals surface area contributed by atoms with Crippen LogP contribution in [-0.2, 0) is 9.59 Å². The average Bonchev–Trinajstić information content (AvgIpc) is 2.63. The molecule has 3 N–H and O–H groups in total. The Kier molecular flexibility index (Phi) is 7.58. The number of anilines is 2. The van der Waals surface area contributed by atoms with Crippen LogP contribution in [0.1, 0.15) is 19.4 Å². The predicted octanol–water partition coefficient (Wildman–Crippen LogP) is 2.20. The van der Waals surface area contributed by atoms with Gasteiger partial charge in [0.15, 0.2) is 6.54 Å². The number of carbonyl (C=O) groups is 2. The minimum atomic E-state index is -0.118. The molecule has 2 aromatic carbocycles. The summed E-state index contributed by atoms with van der Waals surface area (Å²) in [4.78, 5) is 24.5. The van der Waals surface area contributed by atoms with Crippen molar-refractivity contribution >= 4 is 29.3 Å². The second kappa shape index (κ2) is 10.2. The summed E-state index contributed by atoms with van der Waals surface area (Å²) in [6.07, 6.45) is 4.18. The number of nitrogens with one attached hydrogen (secondary N) is 3. The highest BCUT2D eigenvalue weighted by atomic mass is 16.2. The fraction of sp³-hybridized carbons (Fsp3) is 0.238. The number of hydrogen-bond acceptors (Lipinski definition) is 2. The van der Waals surface area contributed by atoms with Gasteiger partial charge in [0.1, 0.15) is 0 Å². The van der Waals surface area contributed by atoms with E-state index in [-0.39, 0.29) is 11.8 Å².